The van der Waals surface area contributed by atoms with E-state index in [2.05, 4.69) is 13.8 Å². The van der Waals surface area contributed by atoms with Crippen LogP contribution in [0.2, 0.25) is 0 Å². The first-order valence-corrected chi connectivity index (χ1v) is 5.82. The van der Waals surface area contributed by atoms with Crippen molar-refractivity contribution >= 4 is 5.97 Å². The van der Waals surface area contributed by atoms with E-state index in [1.807, 2.05) is 0 Å². The number of carbonyl (C=O) groups is 1. The first-order valence-electron chi connectivity index (χ1n) is 5.82. The smallest absolute Gasteiger partial charge is 0.306 e. The Hall–Kier alpha value is -0.570. The van der Waals surface area contributed by atoms with E-state index in [0.717, 1.165) is 6.42 Å². The number of methoxy groups -OCH3 is 1. The number of esters is 1. The van der Waals surface area contributed by atoms with E-state index >= 15 is 0 Å². The van der Waals surface area contributed by atoms with Gasteiger partial charge in [-0.3, -0.25) is 4.79 Å². The molecule has 0 aromatic carbocycles. The lowest BCUT2D eigenvalue weighted by Crippen LogP contribution is -2.44. The molecule has 0 spiro atoms. The largest absolute Gasteiger partial charge is 0.469 e. The molecule has 15 heavy (non-hydrogen) atoms. The van der Waals surface area contributed by atoms with Crippen LogP contribution in [0.15, 0.2) is 0 Å². The van der Waals surface area contributed by atoms with E-state index in [1.54, 1.807) is 0 Å². The van der Waals surface area contributed by atoms with E-state index in [9.17, 15) is 4.79 Å². The van der Waals surface area contributed by atoms with Gasteiger partial charge in [0.25, 0.3) is 0 Å². The highest BCUT2D eigenvalue weighted by Crippen LogP contribution is 2.46. The van der Waals surface area contributed by atoms with E-state index in [1.165, 1.54) is 20.0 Å². The van der Waals surface area contributed by atoms with Gasteiger partial charge in [-0.2, -0.15) is 0 Å². The molecule has 2 N–H and O–H groups in total. The fraction of sp³-hybridized carbons (Fsp3) is 0.917. The molecule has 1 aliphatic rings. The standard InChI is InChI=1S/C12H23NO2/c1-9-5-4-6-12(8-13,10(9)2)7-11(14)15-3/h9-10H,4-8,13H2,1-3H3. The topological polar surface area (TPSA) is 52.3 Å². The van der Waals surface area contributed by atoms with Gasteiger partial charge < -0.3 is 10.5 Å². The van der Waals surface area contributed by atoms with Crippen LogP contribution in [-0.2, 0) is 9.53 Å². The molecule has 88 valence electrons. The normalized spacial score (nSPS) is 36.3. The zero-order chi connectivity index (χ0) is 11.5. The predicted molar refractivity (Wildman–Crippen MR) is 60.3 cm³/mol. The summed E-state index contributed by atoms with van der Waals surface area (Å²) in [6, 6.07) is 0. The van der Waals surface area contributed by atoms with Gasteiger partial charge >= 0.3 is 5.97 Å². The van der Waals surface area contributed by atoms with Gasteiger partial charge in [-0.15, -0.1) is 0 Å². The van der Waals surface area contributed by atoms with Crippen molar-refractivity contribution in [3.05, 3.63) is 0 Å². The second-order valence-electron chi connectivity index (χ2n) is 4.98. The molecule has 0 radical (unpaired) electrons. The summed E-state index contributed by atoms with van der Waals surface area (Å²) >= 11 is 0. The van der Waals surface area contributed by atoms with E-state index in [0.29, 0.717) is 24.8 Å². The van der Waals surface area contributed by atoms with Gasteiger partial charge in [0.2, 0.25) is 0 Å². The Morgan fingerprint density at radius 1 is 1.53 bits per heavy atom. The van der Waals surface area contributed by atoms with Gasteiger partial charge in [0.15, 0.2) is 0 Å². The second-order valence-corrected chi connectivity index (χ2v) is 4.98. The Morgan fingerprint density at radius 2 is 2.20 bits per heavy atom. The van der Waals surface area contributed by atoms with Crippen LogP contribution in [0, 0.1) is 17.3 Å². The lowest BCUT2D eigenvalue weighted by Gasteiger charge is -2.44. The van der Waals surface area contributed by atoms with Gasteiger partial charge in [-0.05, 0) is 30.2 Å². The summed E-state index contributed by atoms with van der Waals surface area (Å²) in [4.78, 5) is 11.4. The maximum atomic E-state index is 11.4. The molecule has 3 heteroatoms. The van der Waals surface area contributed by atoms with E-state index in [4.69, 9.17) is 10.5 Å². The lowest BCUT2D eigenvalue weighted by molar-refractivity contribution is -0.145. The van der Waals surface area contributed by atoms with Gasteiger partial charge in [0, 0.05) is 0 Å². The molecule has 0 amide bonds. The summed E-state index contributed by atoms with van der Waals surface area (Å²) in [7, 11) is 1.45. The number of nitrogens with two attached hydrogens (primary N) is 1. The second kappa shape index (κ2) is 4.97. The van der Waals surface area contributed by atoms with Crippen molar-refractivity contribution in [2.75, 3.05) is 13.7 Å². The molecule has 3 nitrogen and oxygen atoms in total. The fourth-order valence-electron chi connectivity index (χ4n) is 2.83. The Bertz CT molecular complexity index is 230. The molecule has 0 heterocycles. The predicted octanol–water partition coefficient (Wildman–Crippen LogP) is 1.95. The molecule has 1 rings (SSSR count). The highest BCUT2D eigenvalue weighted by Gasteiger charge is 2.42. The average Bonchev–Trinajstić information content (AvgIpc) is 2.24. The van der Waals surface area contributed by atoms with Gasteiger partial charge in [-0.1, -0.05) is 26.7 Å². The number of hydrogen-bond acceptors (Lipinski definition) is 3. The zero-order valence-electron chi connectivity index (χ0n) is 10.1. The summed E-state index contributed by atoms with van der Waals surface area (Å²) in [6.07, 6.45) is 3.97. The molecule has 0 bridgehead atoms. The monoisotopic (exact) mass is 213 g/mol. The molecule has 3 atom stereocenters. The molecular weight excluding hydrogens is 190 g/mol. The van der Waals surface area contributed by atoms with Crippen molar-refractivity contribution in [1.82, 2.24) is 0 Å². The first kappa shape index (κ1) is 12.5. The summed E-state index contributed by atoms with van der Waals surface area (Å²) in [6.45, 7) is 5.07. The summed E-state index contributed by atoms with van der Waals surface area (Å²) in [5, 5.41) is 0. The van der Waals surface area contributed by atoms with Gasteiger partial charge in [0.05, 0.1) is 13.5 Å². The quantitative estimate of drug-likeness (QED) is 0.729. The van der Waals surface area contributed by atoms with Crippen LogP contribution >= 0.6 is 0 Å². The number of hydrogen-bond donors (Lipinski definition) is 1. The molecule has 1 fully saturated rings. The van der Waals surface area contributed by atoms with Crippen molar-refractivity contribution in [3.63, 3.8) is 0 Å². The van der Waals surface area contributed by atoms with Crippen LogP contribution < -0.4 is 5.73 Å². The van der Waals surface area contributed by atoms with Crippen molar-refractivity contribution in [2.45, 2.75) is 39.5 Å². The molecule has 0 aliphatic heterocycles. The fourth-order valence-corrected chi connectivity index (χ4v) is 2.83. The Morgan fingerprint density at radius 3 is 2.73 bits per heavy atom. The van der Waals surface area contributed by atoms with Crippen LogP contribution in [0.4, 0.5) is 0 Å². The minimum Gasteiger partial charge on any atom is -0.469 e. The summed E-state index contributed by atoms with van der Waals surface area (Å²) in [5.74, 6) is 1.05. The van der Waals surface area contributed by atoms with Crippen molar-refractivity contribution in [1.29, 1.82) is 0 Å². The highest BCUT2D eigenvalue weighted by atomic mass is 16.5. The number of ether oxygens (including phenoxy) is 1. The maximum Gasteiger partial charge on any atom is 0.306 e. The summed E-state index contributed by atoms with van der Waals surface area (Å²) in [5.41, 5.74) is 5.86. The van der Waals surface area contributed by atoms with E-state index in [-0.39, 0.29) is 11.4 Å². The van der Waals surface area contributed by atoms with Crippen molar-refractivity contribution < 1.29 is 9.53 Å². The third-order valence-electron chi connectivity index (χ3n) is 4.28. The molecule has 3 unspecified atom stereocenters. The van der Waals surface area contributed by atoms with Crippen LogP contribution in [0.5, 0.6) is 0 Å². The van der Waals surface area contributed by atoms with Crippen LogP contribution in [-0.4, -0.2) is 19.6 Å². The number of rotatable bonds is 3. The number of carbonyl (C=O) groups excluding carboxylic acids is 1. The van der Waals surface area contributed by atoms with Crippen LogP contribution in [0.1, 0.15) is 39.5 Å². The van der Waals surface area contributed by atoms with E-state index < -0.39 is 0 Å². The molecule has 1 aliphatic carbocycles. The molecule has 0 aromatic heterocycles. The third-order valence-corrected chi connectivity index (χ3v) is 4.28. The van der Waals surface area contributed by atoms with Crippen molar-refractivity contribution in [3.8, 4) is 0 Å². The minimum atomic E-state index is -0.124. The zero-order valence-corrected chi connectivity index (χ0v) is 10.1. The maximum absolute atomic E-state index is 11.4. The molecule has 1 saturated carbocycles. The summed E-state index contributed by atoms with van der Waals surface area (Å²) < 4.78 is 4.77. The van der Waals surface area contributed by atoms with Crippen molar-refractivity contribution in [2.24, 2.45) is 23.0 Å². The molecule has 0 aromatic rings. The molecular formula is C12H23NO2. The minimum absolute atomic E-state index is 0.0231. The van der Waals surface area contributed by atoms with Crippen LogP contribution in [0.25, 0.3) is 0 Å². The van der Waals surface area contributed by atoms with Crippen LogP contribution in [0.3, 0.4) is 0 Å². The highest BCUT2D eigenvalue weighted by molar-refractivity contribution is 5.70. The lowest BCUT2D eigenvalue weighted by atomic mass is 9.61. The Labute approximate surface area is 92.4 Å². The Kier molecular flexibility index (Phi) is 4.14. The van der Waals surface area contributed by atoms with Gasteiger partial charge in [-0.25, -0.2) is 0 Å². The first-order chi connectivity index (χ1) is 7.05. The average molecular weight is 213 g/mol. The SMILES string of the molecule is COC(=O)CC1(CN)CCCC(C)C1C. The third kappa shape index (κ3) is 2.51. The molecule has 0 saturated heterocycles. The Balaban J connectivity index is 2.77. The van der Waals surface area contributed by atoms with Gasteiger partial charge in [0.1, 0.15) is 0 Å².